The number of hydrogen-bond acceptors (Lipinski definition) is 1. The first kappa shape index (κ1) is 11.4. The Bertz CT molecular complexity index is 379. The van der Waals surface area contributed by atoms with E-state index < -0.39 is 0 Å². The minimum Gasteiger partial charge on any atom is -0.324 e. The molecule has 16 heavy (non-hydrogen) atoms. The molecule has 0 amide bonds. The Labute approximate surface area is 98.4 Å². The van der Waals surface area contributed by atoms with E-state index >= 15 is 0 Å². The lowest BCUT2D eigenvalue weighted by atomic mass is 10.00. The summed E-state index contributed by atoms with van der Waals surface area (Å²) in [6.07, 6.45) is 8.31. The highest BCUT2D eigenvalue weighted by Gasteiger charge is 2.08. The van der Waals surface area contributed by atoms with Crippen LogP contribution >= 0.6 is 0 Å². The van der Waals surface area contributed by atoms with Gasteiger partial charge in [-0.05, 0) is 38.2 Å². The van der Waals surface area contributed by atoms with Crippen molar-refractivity contribution in [2.75, 3.05) is 0 Å². The third-order valence-corrected chi connectivity index (χ3v) is 3.25. The van der Waals surface area contributed by atoms with Crippen molar-refractivity contribution in [1.29, 1.82) is 0 Å². The highest BCUT2D eigenvalue weighted by atomic mass is 14.6. The van der Waals surface area contributed by atoms with E-state index in [4.69, 9.17) is 5.73 Å². The topological polar surface area (TPSA) is 26.0 Å². The molecule has 0 bridgehead atoms. The lowest BCUT2D eigenvalue weighted by Gasteiger charge is -2.07. The summed E-state index contributed by atoms with van der Waals surface area (Å²) in [5, 5.41) is 0. The van der Waals surface area contributed by atoms with Gasteiger partial charge in [-0.25, -0.2) is 0 Å². The molecule has 1 aromatic rings. The predicted molar refractivity (Wildman–Crippen MR) is 69.4 cm³/mol. The first-order valence-corrected chi connectivity index (χ1v) is 6.25. The molecule has 2 rings (SSSR count). The van der Waals surface area contributed by atoms with Crippen molar-refractivity contribution in [3.8, 4) is 0 Å². The normalized spacial score (nSPS) is 21.4. The van der Waals surface area contributed by atoms with Gasteiger partial charge < -0.3 is 5.73 Å². The molecule has 1 heteroatoms. The number of hydrogen-bond donors (Lipinski definition) is 1. The van der Waals surface area contributed by atoms with E-state index in [1.54, 1.807) is 0 Å². The summed E-state index contributed by atoms with van der Waals surface area (Å²) >= 11 is 0. The smallest absolute Gasteiger partial charge is 0.0226 e. The fourth-order valence-corrected chi connectivity index (χ4v) is 2.43. The van der Waals surface area contributed by atoms with E-state index in [1.165, 1.54) is 36.0 Å². The van der Waals surface area contributed by atoms with Crippen molar-refractivity contribution in [3.63, 3.8) is 0 Å². The molecule has 0 heterocycles. The highest BCUT2D eigenvalue weighted by Crippen LogP contribution is 2.20. The van der Waals surface area contributed by atoms with Crippen molar-refractivity contribution in [3.05, 3.63) is 47.0 Å². The number of aryl methyl sites for hydroxylation is 1. The van der Waals surface area contributed by atoms with Gasteiger partial charge in [-0.1, -0.05) is 47.9 Å². The van der Waals surface area contributed by atoms with Crippen molar-refractivity contribution in [2.24, 2.45) is 5.73 Å². The SMILES string of the molecule is Cc1cccc(CC2=CC(N)CCCC2)c1. The zero-order chi connectivity index (χ0) is 11.4. The van der Waals surface area contributed by atoms with Crippen LogP contribution in [0.2, 0.25) is 0 Å². The standard InChI is InChI=1S/C15H21N/c1-12-5-4-7-13(9-12)10-14-6-2-3-8-15(16)11-14/h4-5,7,9,11,15H,2-3,6,8,10,16H2,1H3. The van der Waals surface area contributed by atoms with Gasteiger partial charge in [0, 0.05) is 6.04 Å². The number of allylic oxidation sites excluding steroid dienone is 1. The molecule has 86 valence electrons. The third kappa shape index (κ3) is 3.21. The molecular weight excluding hydrogens is 194 g/mol. The molecule has 1 unspecified atom stereocenters. The average Bonchev–Trinajstić information content (AvgIpc) is 2.43. The van der Waals surface area contributed by atoms with Crippen LogP contribution in [-0.2, 0) is 6.42 Å². The maximum Gasteiger partial charge on any atom is 0.0226 e. The summed E-state index contributed by atoms with van der Waals surface area (Å²) in [7, 11) is 0. The zero-order valence-electron chi connectivity index (χ0n) is 10.1. The largest absolute Gasteiger partial charge is 0.324 e. The van der Waals surface area contributed by atoms with Gasteiger partial charge in [0.05, 0.1) is 0 Å². The van der Waals surface area contributed by atoms with Crippen LogP contribution in [0.25, 0.3) is 0 Å². The van der Waals surface area contributed by atoms with Crippen molar-refractivity contribution < 1.29 is 0 Å². The van der Waals surface area contributed by atoms with Crippen LogP contribution in [0, 0.1) is 6.92 Å². The Hall–Kier alpha value is -1.08. The van der Waals surface area contributed by atoms with Crippen molar-refractivity contribution >= 4 is 0 Å². The van der Waals surface area contributed by atoms with Crippen LogP contribution in [0.15, 0.2) is 35.9 Å². The molecule has 1 nitrogen and oxygen atoms in total. The van der Waals surface area contributed by atoms with Gasteiger partial charge in [0.1, 0.15) is 0 Å². The Morgan fingerprint density at radius 1 is 1.31 bits per heavy atom. The van der Waals surface area contributed by atoms with Crippen LogP contribution in [0.4, 0.5) is 0 Å². The maximum atomic E-state index is 6.03. The summed E-state index contributed by atoms with van der Waals surface area (Å²) < 4.78 is 0. The minimum absolute atomic E-state index is 0.280. The predicted octanol–water partition coefficient (Wildman–Crippen LogP) is 3.37. The van der Waals surface area contributed by atoms with Crippen LogP contribution < -0.4 is 5.73 Å². The second-order valence-electron chi connectivity index (χ2n) is 4.90. The number of rotatable bonds is 2. The zero-order valence-corrected chi connectivity index (χ0v) is 10.1. The Morgan fingerprint density at radius 3 is 3.00 bits per heavy atom. The van der Waals surface area contributed by atoms with E-state index in [-0.39, 0.29) is 6.04 Å². The van der Waals surface area contributed by atoms with Crippen LogP contribution in [0.5, 0.6) is 0 Å². The molecule has 0 radical (unpaired) electrons. The van der Waals surface area contributed by atoms with Gasteiger partial charge in [0.25, 0.3) is 0 Å². The van der Waals surface area contributed by atoms with Crippen molar-refractivity contribution in [2.45, 2.75) is 45.1 Å². The average molecular weight is 215 g/mol. The highest BCUT2D eigenvalue weighted by molar-refractivity contribution is 5.27. The maximum absolute atomic E-state index is 6.03. The summed E-state index contributed by atoms with van der Waals surface area (Å²) in [4.78, 5) is 0. The first-order valence-electron chi connectivity index (χ1n) is 6.25. The summed E-state index contributed by atoms with van der Waals surface area (Å²) in [5.74, 6) is 0. The van der Waals surface area contributed by atoms with Gasteiger partial charge in [0.15, 0.2) is 0 Å². The molecule has 0 saturated heterocycles. The second kappa shape index (κ2) is 5.31. The summed E-state index contributed by atoms with van der Waals surface area (Å²) in [6, 6.07) is 9.06. The van der Waals surface area contributed by atoms with E-state index in [9.17, 15) is 0 Å². The molecule has 2 N–H and O–H groups in total. The first-order chi connectivity index (χ1) is 7.74. The van der Waals surface area contributed by atoms with Gasteiger partial charge in [0.2, 0.25) is 0 Å². The van der Waals surface area contributed by atoms with Gasteiger partial charge in [-0.3, -0.25) is 0 Å². The molecule has 0 saturated carbocycles. The lowest BCUT2D eigenvalue weighted by Crippen LogP contribution is -2.16. The van der Waals surface area contributed by atoms with Crippen LogP contribution in [-0.4, -0.2) is 6.04 Å². The van der Waals surface area contributed by atoms with Gasteiger partial charge in [-0.2, -0.15) is 0 Å². The lowest BCUT2D eigenvalue weighted by molar-refractivity contribution is 0.654. The number of nitrogens with two attached hydrogens (primary N) is 1. The molecule has 1 aliphatic rings. The van der Waals surface area contributed by atoms with Crippen LogP contribution in [0.1, 0.15) is 36.8 Å². The molecule has 0 aliphatic heterocycles. The molecule has 1 atom stereocenters. The second-order valence-corrected chi connectivity index (χ2v) is 4.90. The molecule has 1 aliphatic carbocycles. The quantitative estimate of drug-likeness (QED) is 0.752. The fourth-order valence-electron chi connectivity index (χ4n) is 2.43. The van der Waals surface area contributed by atoms with Gasteiger partial charge in [-0.15, -0.1) is 0 Å². The molecule has 0 aromatic heterocycles. The monoisotopic (exact) mass is 215 g/mol. The Morgan fingerprint density at radius 2 is 2.19 bits per heavy atom. The third-order valence-electron chi connectivity index (χ3n) is 3.25. The molecule has 1 aromatic carbocycles. The number of benzene rings is 1. The molecule has 0 fully saturated rings. The van der Waals surface area contributed by atoms with Gasteiger partial charge >= 0.3 is 0 Å². The Balaban J connectivity index is 2.08. The fraction of sp³-hybridized carbons (Fsp3) is 0.467. The summed E-state index contributed by atoms with van der Waals surface area (Å²) in [6.45, 7) is 2.15. The summed E-state index contributed by atoms with van der Waals surface area (Å²) in [5.41, 5.74) is 10.3. The van der Waals surface area contributed by atoms with E-state index in [0.29, 0.717) is 0 Å². The molecular formula is C15H21N. The molecule has 0 spiro atoms. The Kier molecular flexibility index (Phi) is 3.79. The minimum atomic E-state index is 0.280. The van der Waals surface area contributed by atoms with E-state index in [1.807, 2.05) is 0 Å². The van der Waals surface area contributed by atoms with Crippen LogP contribution in [0.3, 0.4) is 0 Å². The van der Waals surface area contributed by atoms with E-state index in [2.05, 4.69) is 37.3 Å². The van der Waals surface area contributed by atoms with Crippen molar-refractivity contribution in [1.82, 2.24) is 0 Å². The van der Waals surface area contributed by atoms with E-state index in [0.717, 1.165) is 12.8 Å².